The molecule has 3 heteroatoms. The van der Waals surface area contributed by atoms with Crippen molar-refractivity contribution in [2.45, 2.75) is 13.1 Å². The predicted molar refractivity (Wildman–Crippen MR) is 91.8 cm³/mol. The van der Waals surface area contributed by atoms with Gasteiger partial charge in [0.2, 0.25) is 0 Å². The highest BCUT2D eigenvalue weighted by molar-refractivity contribution is 5.77. The molecule has 0 saturated carbocycles. The Bertz CT molecular complexity index is 725. The SMILES string of the molecule is C=CN(C)c1ccc(CNCc2cc3ccccc3o2)cc1. The normalized spacial score (nSPS) is 10.8. The van der Waals surface area contributed by atoms with Crippen LogP contribution < -0.4 is 10.2 Å². The van der Waals surface area contributed by atoms with E-state index < -0.39 is 0 Å². The highest BCUT2D eigenvalue weighted by atomic mass is 16.3. The molecule has 0 radical (unpaired) electrons. The summed E-state index contributed by atoms with van der Waals surface area (Å²) in [5.41, 5.74) is 3.32. The van der Waals surface area contributed by atoms with Crippen LogP contribution in [-0.4, -0.2) is 7.05 Å². The molecule has 0 aliphatic rings. The van der Waals surface area contributed by atoms with Crippen molar-refractivity contribution in [3.63, 3.8) is 0 Å². The van der Waals surface area contributed by atoms with Crippen molar-refractivity contribution < 1.29 is 4.42 Å². The Balaban J connectivity index is 1.57. The second kappa shape index (κ2) is 6.50. The van der Waals surface area contributed by atoms with Crippen LogP contribution in [-0.2, 0) is 13.1 Å². The summed E-state index contributed by atoms with van der Waals surface area (Å²) in [4.78, 5) is 1.99. The zero-order chi connectivity index (χ0) is 15.4. The fourth-order valence-electron chi connectivity index (χ4n) is 2.41. The first-order valence-electron chi connectivity index (χ1n) is 7.39. The molecule has 1 N–H and O–H groups in total. The summed E-state index contributed by atoms with van der Waals surface area (Å²) in [5.74, 6) is 0.962. The zero-order valence-electron chi connectivity index (χ0n) is 12.8. The molecule has 0 unspecified atom stereocenters. The van der Waals surface area contributed by atoms with Gasteiger partial charge in [-0.2, -0.15) is 0 Å². The summed E-state index contributed by atoms with van der Waals surface area (Å²) in [5, 5.41) is 4.56. The highest BCUT2D eigenvalue weighted by Crippen LogP contribution is 2.19. The average Bonchev–Trinajstić information content (AvgIpc) is 2.97. The molecule has 0 atom stereocenters. The van der Waals surface area contributed by atoms with Crippen LogP contribution in [0.2, 0.25) is 0 Å². The summed E-state index contributed by atoms with van der Waals surface area (Å²) in [6, 6.07) is 18.6. The van der Waals surface area contributed by atoms with Gasteiger partial charge in [0, 0.05) is 24.7 Å². The van der Waals surface area contributed by atoms with Gasteiger partial charge in [-0.15, -0.1) is 0 Å². The van der Waals surface area contributed by atoms with Gasteiger partial charge in [-0.05, 0) is 36.0 Å². The van der Waals surface area contributed by atoms with Gasteiger partial charge in [0.05, 0.1) is 6.54 Å². The fraction of sp³-hybridized carbons (Fsp3) is 0.158. The molecule has 0 aliphatic carbocycles. The lowest BCUT2D eigenvalue weighted by atomic mass is 10.2. The molecule has 0 bridgehead atoms. The van der Waals surface area contributed by atoms with E-state index in [1.807, 2.05) is 30.1 Å². The number of hydrogen-bond donors (Lipinski definition) is 1. The summed E-state index contributed by atoms with van der Waals surface area (Å²) in [7, 11) is 1.99. The molecule has 0 aliphatic heterocycles. The largest absolute Gasteiger partial charge is 0.460 e. The van der Waals surface area contributed by atoms with E-state index in [0.717, 1.165) is 35.5 Å². The Kier molecular flexibility index (Phi) is 4.26. The first-order valence-corrected chi connectivity index (χ1v) is 7.39. The van der Waals surface area contributed by atoms with E-state index in [9.17, 15) is 0 Å². The van der Waals surface area contributed by atoms with E-state index in [1.165, 1.54) is 5.56 Å². The zero-order valence-corrected chi connectivity index (χ0v) is 12.8. The number of hydrogen-bond acceptors (Lipinski definition) is 3. The molecule has 22 heavy (non-hydrogen) atoms. The van der Waals surface area contributed by atoms with E-state index in [-0.39, 0.29) is 0 Å². The van der Waals surface area contributed by atoms with E-state index in [0.29, 0.717) is 0 Å². The Morgan fingerprint density at radius 1 is 1.09 bits per heavy atom. The molecule has 1 aromatic heterocycles. The molecule has 3 rings (SSSR count). The smallest absolute Gasteiger partial charge is 0.134 e. The molecule has 0 amide bonds. The Morgan fingerprint density at radius 2 is 1.86 bits per heavy atom. The lowest BCUT2D eigenvalue weighted by Gasteiger charge is -2.13. The van der Waals surface area contributed by atoms with E-state index in [1.54, 1.807) is 6.20 Å². The lowest BCUT2D eigenvalue weighted by molar-refractivity contribution is 0.514. The van der Waals surface area contributed by atoms with Gasteiger partial charge in [-0.25, -0.2) is 0 Å². The number of nitrogens with one attached hydrogen (secondary N) is 1. The van der Waals surface area contributed by atoms with Crippen molar-refractivity contribution >= 4 is 16.7 Å². The van der Waals surface area contributed by atoms with E-state index >= 15 is 0 Å². The first kappa shape index (κ1) is 14.4. The Hall–Kier alpha value is -2.52. The van der Waals surface area contributed by atoms with Crippen molar-refractivity contribution in [3.05, 3.63) is 78.7 Å². The van der Waals surface area contributed by atoms with Crippen LogP contribution in [0.5, 0.6) is 0 Å². The Morgan fingerprint density at radius 3 is 2.59 bits per heavy atom. The van der Waals surface area contributed by atoms with Crippen LogP contribution in [0.25, 0.3) is 11.0 Å². The highest BCUT2D eigenvalue weighted by Gasteiger charge is 2.03. The number of nitrogens with zero attached hydrogens (tertiary/aromatic N) is 1. The van der Waals surface area contributed by atoms with Gasteiger partial charge in [-0.3, -0.25) is 0 Å². The average molecular weight is 292 g/mol. The minimum Gasteiger partial charge on any atom is -0.460 e. The van der Waals surface area contributed by atoms with Gasteiger partial charge in [0.25, 0.3) is 0 Å². The van der Waals surface area contributed by atoms with E-state index in [4.69, 9.17) is 4.42 Å². The summed E-state index contributed by atoms with van der Waals surface area (Å²) in [6.07, 6.45) is 1.80. The van der Waals surface area contributed by atoms with Gasteiger partial charge in [-0.1, -0.05) is 36.9 Å². The lowest BCUT2D eigenvalue weighted by Crippen LogP contribution is -2.12. The Labute approximate surface area is 130 Å². The molecule has 0 spiro atoms. The summed E-state index contributed by atoms with van der Waals surface area (Å²) < 4.78 is 5.79. The molecule has 0 saturated heterocycles. The van der Waals surface area contributed by atoms with Crippen molar-refractivity contribution in [3.8, 4) is 0 Å². The van der Waals surface area contributed by atoms with Crippen molar-refractivity contribution in [1.29, 1.82) is 0 Å². The third-order valence-corrected chi connectivity index (χ3v) is 3.72. The summed E-state index contributed by atoms with van der Waals surface area (Å²) in [6.45, 7) is 5.30. The third kappa shape index (κ3) is 3.21. The fourth-order valence-corrected chi connectivity index (χ4v) is 2.41. The maximum Gasteiger partial charge on any atom is 0.134 e. The maximum absolute atomic E-state index is 5.79. The molecule has 112 valence electrons. The molecule has 3 aromatic rings. The van der Waals surface area contributed by atoms with Crippen molar-refractivity contribution in [2.75, 3.05) is 11.9 Å². The summed E-state index contributed by atoms with van der Waals surface area (Å²) >= 11 is 0. The minimum atomic E-state index is 0.725. The molecular formula is C19H20N2O. The van der Waals surface area contributed by atoms with E-state index in [2.05, 4.69) is 48.3 Å². The first-order chi connectivity index (χ1) is 10.8. The minimum absolute atomic E-state index is 0.725. The monoisotopic (exact) mass is 292 g/mol. The number of benzene rings is 2. The van der Waals surface area contributed by atoms with Gasteiger partial charge in [0.1, 0.15) is 11.3 Å². The van der Waals surface area contributed by atoms with Crippen LogP contribution in [0.3, 0.4) is 0 Å². The topological polar surface area (TPSA) is 28.4 Å². The molecule has 3 nitrogen and oxygen atoms in total. The van der Waals surface area contributed by atoms with Crippen LogP contribution in [0.15, 0.2) is 71.8 Å². The van der Waals surface area contributed by atoms with Crippen LogP contribution in [0.1, 0.15) is 11.3 Å². The van der Waals surface area contributed by atoms with Crippen molar-refractivity contribution in [2.24, 2.45) is 0 Å². The van der Waals surface area contributed by atoms with Gasteiger partial charge < -0.3 is 14.6 Å². The number of fused-ring (bicyclic) bond motifs is 1. The predicted octanol–water partition coefficient (Wildman–Crippen LogP) is 4.30. The van der Waals surface area contributed by atoms with Crippen LogP contribution >= 0.6 is 0 Å². The molecule has 0 fully saturated rings. The second-order valence-electron chi connectivity index (χ2n) is 5.31. The standard InChI is InChI=1S/C19H20N2O/c1-3-21(2)17-10-8-15(9-11-17)13-20-14-18-12-16-6-4-5-7-19(16)22-18/h3-12,20H,1,13-14H2,2H3. The van der Waals surface area contributed by atoms with Gasteiger partial charge in [0.15, 0.2) is 0 Å². The van der Waals surface area contributed by atoms with Crippen molar-refractivity contribution in [1.82, 2.24) is 5.32 Å². The molecule has 2 aromatic carbocycles. The second-order valence-corrected chi connectivity index (χ2v) is 5.31. The van der Waals surface area contributed by atoms with Gasteiger partial charge >= 0.3 is 0 Å². The van der Waals surface area contributed by atoms with Crippen LogP contribution in [0.4, 0.5) is 5.69 Å². The number of furan rings is 1. The molecule has 1 heterocycles. The number of rotatable bonds is 6. The number of para-hydroxylation sites is 1. The quantitative estimate of drug-likeness (QED) is 0.734. The van der Waals surface area contributed by atoms with Crippen LogP contribution in [0, 0.1) is 0 Å². The maximum atomic E-state index is 5.79. The number of anilines is 1. The third-order valence-electron chi connectivity index (χ3n) is 3.72. The molecular weight excluding hydrogens is 272 g/mol.